The molecule has 2 aliphatic heterocycles. The lowest BCUT2D eigenvalue weighted by Gasteiger charge is -2.51. The van der Waals surface area contributed by atoms with Gasteiger partial charge in [-0.15, -0.1) is 0 Å². The van der Waals surface area contributed by atoms with E-state index in [4.69, 9.17) is 9.47 Å². The van der Waals surface area contributed by atoms with Crippen LogP contribution in [0.2, 0.25) is 0 Å². The van der Waals surface area contributed by atoms with Gasteiger partial charge in [0, 0.05) is 0 Å². The molecule has 0 bridgehead atoms. The van der Waals surface area contributed by atoms with Crippen molar-refractivity contribution in [3.05, 3.63) is 83.6 Å². The van der Waals surface area contributed by atoms with Crippen LogP contribution in [0, 0.1) is 12.8 Å². The second-order valence-electron chi connectivity index (χ2n) is 5.44. The molecule has 2 aromatic carbocycles. The molecule has 0 amide bonds. The van der Waals surface area contributed by atoms with E-state index in [1.54, 1.807) is 6.26 Å². The van der Waals surface area contributed by atoms with Crippen molar-refractivity contribution in [3.63, 3.8) is 0 Å². The van der Waals surface area contributed by atoms with E-state index in [1.165, 1.54) is 16.7 Å². The first-order valence-electron chi connectivity index (χ1n) is 6.93. The van der Waals surface area contributed by atoms with Gasteiger partial charge < -0.3 is 9.47 Å². The molecule has 2 heterocycles. The fraction of sp³-hybridized carbons (Fsp3) is 0.222. The van der Waals surface area contributed by atoms with Crippen molar-refractivity contribution >= 4 is 0 Å². The summed E-state index contributed by atoms with van der Waals surface area (Å²) in [5.41, 5.74) is 3.21. The van der Waals surface area contributed by atoms with Crippen molar-refractivity contribution in [2.24, 2.45) is 5.92 Å². The van der Waals surface area contributed by atoms with Crippen molar-refractivity contribution in [3.8, 4) is 0 Å². The Morgan fingerprint density at radius 3 is 2.30 bits per heavy atom. The SMILES string of the molecule is Cc1ccc([C@@]2(c3ccccc3)O[C@H]3OC=C[C@H]32)cc1. The van der Waals surface area contributed by atoms with Crippen molar-refractivity contribution in [1.82, 2.24) is 0 Å². The predicted octanol–water partition coefficient (Wildman–Crippen LogP) is 3.76. The van der Waals surface area contributed by atoms with Crippen LogP contribution in [-0.2, 0) is 15.1 Å². The van der Waals surface area contributed by atoms with Gasteiger partial charge in [0.25, 0.3) is 0 Å². The van der Waals surface area contributed by atoms with Gasteiger partial charge in [0.1, 0.15) is 5.60 Å². The van der Waals surface area contributed by atoms with Gasteiger partial charge in [-0.1, -0.05) is 60.2 Å². The topological polar surface area (TPSA) is 18.5 Å². The number of ether oxygens (including phenoxy) is 2. The third-order valence-corrected chi connectivity index (χ3v) is 4.25. The van der Waals surface area contributed by atoms with Gasteiger partial charge in [-0.25, -0.2) is 0 Å². The van der Waals surface area contributed by atoms with E-state index < -0.39 is 5.60 Å². The van der Waals surface area contributed by atoms with Gasteiger partial charge >= 0.3 is 0 Å². The van der Waals surface area contributed by atoms with Crippen LogP contribution in [0.5, 0.6) is 0 Å². The molecular formula is C18H16O2. The lowest BCUT2D eigenvalue weighted by atomic mass is 9.71. The Morgan fingerprint density at radius 2 is 1.60 bits per heavy atom. The van der Waals surface area contributed by atoms with Crippen LogP contribution in [0.3, 0.4) is 0 Å². The average molecular weight is 264 g/mol. The van der Waals surface area contributed by atoms with Crippen molar-refractivity contribution in [2.45, 2.75) is 18.8 Å². The monoisotopic (exact) mass is 264 g/mol. The summed E-state index contributed by atoms with van der Waals surface area (Å²) in [6, 6.07) is 19.0. The number of hydrogen-bond donors (Lipinski definition) is 0. The summed E-state index contributed by atoms with van der Waals surface area (Å²) in [6.07, 6.45) is 3.73. The van der Waals surface area contributed by atoms with Crippen molar-refractivity contribution < 1.29 is 9.47 Å². The maximum absolute atomic E-state index is 6.18. The molecule has 3 atom stereocenters. The molecule has 0 radical (unpaired) electrons. The summed E-state index contributed by atoms with van der Waals surface area (Å²) >= 11 is 0. The minimum Gasteiger partial charge on any atom is -0.472 e. The zero-order valence-electron chi connectivity index (χ0n) is 11.3. The van der Waals surface area contributed by atoms with Crippen LogP contribution >= 0.6 is 0 Å². The molecule has 0 spiro atoms. The fourth-order valence-electron chi connectivity index (χ4n) is 3.18. The van der Waals surface area contributed by atoms with Gasteiger partial charge in [0.15, 0.2) is 0 Å². The lowest BCUT2D eigenvalue weighted by molar-refractivity contribution is -0.302. The largest absolute Gasteiger partial charge is 0.472 e. The third-order valence-electron chi connectivity index (χ3n) is 4.25. The maximum Gasteiger partial charge on any atom is 0.210 e. The van der Waals surface area contributed by atoms with E-state index in [-0.39, 0.29) is 12.2 Å². The summed E-state index contributed by atoms with van der Waals surface area (Å²) in [7, 11) is 0. The minimum atomic E-state index is -0.410. The molecule has 0 unspecified atom stereocenters. The van der Waals surface area contributed by atoms with Crippen LogP contribution in [0.25, 0.3) is 0 Å². The normalized spacial score (nSPS) is 30.4. The molecule has 0 aliphatic carbocycles. The van der Waals surface area contributed by atoms with Crippen LogP contribution in [0.15, 0.2) is 66.9 Å². The van der Waals surface area contributed by atoms with E-state index in [0.717, 1.165) is 0 Å². The van der Waals surface area contributed by atoms with Gasteiger partial charge in [-0.2, -0.15) is 0 Å². The van der Waals surface area contributed by atoms with E-state index >= 15 is 0 Å². The van der Waals surface area contributed by atoms with Gasteiger partial charge in [0.05, 0.1) is 12.2 Å². The quantitative estimate of drug-likeness (QED) is 0.822. The highest BCUT2D eigenvalue weighted by Gasteiger charge is 2.59. The molecule has 4 rings (SSSR count). The molecule has 0 saturated carbocycles. The summed E-state index contributed by atoms with van der Waals surface area (Å²) in [4.78, 5) is 0. The van der Waals surface area contributed by atoms with Crippen LogP contribution < -0.4 is 0 Å². The number of hydrogen-bond acceptors (Lipinski definition) is 2. The Kier molecular flexibility index (Phi) is 2.48. The van der Waals surface area contributed by atoms with Crippen LogP contribution in [0.4, 0.5) is 0 Å². The second kappa shape index (κ2) is 4.22. The Bertz CT molecular complexity index is 645. The van der Waals surface area contributed by atoms with Gasteiger partial charge in [-0.05, 0) is 24.1 Å². The van der Waals surface area contributed by atoms with Gasteiger partial charge in [-0.3, -0.25) is 0 Å². The number of rotatable bonds is 2. The van der Waals surface area contributed by atoms with E-state index in [2.05, 4.69) is 61.5 Å². The molecule has 1 saturated heterocycles. The molecular weight excluding hydrogens is 248 g/mol. The number of benzene rings is 2. The van der Waals surface area contributed by atoms with E-state index in [0.29, 0.717) is 0 Å². The lowest BCUT2D eigenvalue weighted by Crippen LogP contribution is -2.56. The number of fused-ring (bicyclic) bond motifs is 1. The van der Waals surface area contributed by atoms with Crippen molar-refractivity contribution in [1.29, 1.82) is 0 Å². The molecule has 20 heavy (non-hydrogen) atoms. The smallest absolute Gasteiger partial charge is 0.210 e. The standard InChI is InChI=1S/C18H16O2/c1-13-7-9-15(10-8-13)18(14-5-3-2-4-6-14)16-11-12-19-17(16)20-18/h2-12,16-17H,1H3/t16-,17-,18-/m1/s1. The zero-order valence-corrected chi connectivity index (χ0v) is 11.3. The Hall–Kier alpha value is -2.06. The molecule has 0 aromatic heterocycles. The molecule has 2 heteroatoms. The summed E-state index contributed by atoms with van der Waals surface area (Å²) < 4.78 is 11.6. The number of aryl methyl sites for hydroxylation is 1. The highest BCUT2D eigenvalue weighted by atomic mass is 16.7. The summed E-state index contributed by atoms with van der Waals surface area (Å²) in [6.45, 7) is 2.10. The van der Waals surface area contributed by atoms with Crippen LogP contribution in [-0.4, -0.2) is 6.29 Å². The minimum absolute atomic E-state index is 0.142. The maximum atomic E-state index is 6.18. The van der Waals surface area contributed by atoms with Crippen LogP contribution in [0.1, 0.15) is 16.7 Å². The van der Waals surface area contributed by atoms with Crippen molar-refractivity contribution in [2.75, 3.05) is 0 Å². The highest BCUT2D eigenvalue weighted by molar-refractivity contribution is 5.43. The zero-order chi connectivity index (χ0) is 13.6. The first-order chi connectivity index (χ1) is 9.80. The van der Waals surface area contributed by atoms with E-state index in [1.807, 2.05) is 6.07 Å². The molecule has 1 fully saturated rings. The second-order valence-corrected chi connectivity index (χ2v) is 5.44. The molecule has 0 N–H and O–H groups in total. The fourth-order valence-corrected chi connectivity index (χ4v) is 3.18. The highest BCUT2D eigenvalue weighted by Crippen LogP contribution is 2.54. The summed E-state index contributed by atoms with van der Waals surface area (Å²) in [5, 5.41) is 0. The molecule has 2 aromatic rings. The summed E-state index contributed by atoms with van der Waals surface area (Å²) in [5.74, 6) is 0.243. The first kappa shape index (κ1) is 11.7. The Labute approximate surface area is 118 Å². The van der Waals surface area contributed by atoms with Gasteiger partial charge in [0.2, 0.25) is 6.29 Å². The molecule has 2 nitrogen and oxygen atoms in total. The van der Waals surface area contributed by atoms with E-state index in [9.17, 15) is 0 Å². The third kappa shape index (κ3) is 1.49. The molecule has 100 valence electrons. The Morgan fingerprint density at radius 1 is 0.900 bits per heavy atom. The average Bonchev–Trinajstić information content (AvgIpc) is 2.85. The molecule has 2 aliphatic rings. The Balaban J connectivity index is 1.86. The first-order valence-corrected chi connectivity index (χ1v) is 6.93. The predicted molar refractivity (Wildman–Crippen MR) is 77.0 cm³/mol.